The Morgan fingerprint density at radius 3 is 1.67 bits per heavy atom. The van der Waals surface area contributed by atoms with Crippen LogP contribution in [0.25, 0.3) is 0 Å². The molecule has 1 aliphatic rings. The van der Waals surface area contributed by atoms with Crippen LogP contribution in [0.5, 0.6) is 0 Å². The SMILES string of the molecule is C1C[CH2][SnH][CH2]C1. The van der Waals surface area contributed by atoms with Crippen molar-refractivity contribution in [2.24, 2.45) is 0 Å². The molecule has 0 aromatic heterocycles. The first-order chi connectivity index (χ1) is 3.00. The third-order valence-electron chi connectivity index (χ3n) is 1.32. The van der Waals surface area contributed by atoms with Gasteiger partial charge in [0.25, 0.3) is 0 Å². The Labute approximate surface area is 49.5 Å². The van der Waals surface area contributed by atoms with Gasteiger partial charge in [-0.2, -0.15) is 0 Å². The van der Waals surface area contributed by atoms with Crippen molar-refractivity contribution < 1.29 is 0 Å². The summed E-state index contributed by atoms with van der Waals surface area (Å²) in [7, 11) is 0. The molecule has 0 atom stereocenters. The Morgan fingerprint density at radius 2 is 1.50 bits per heavy atom. The van der Waals surface area contributed by atoms with Crippen molar-refractivity contribution in [2.75, 3.05) is 0 Å². The van der Waals surface area contributed by atoms with E-state index < -0.39 is 0 Å². The molecular formula is C5H11Sn. The summed E-state index contributed by atoms with van der Waals surface area (Å²) >= 11 is 0.144. The average Bonchev–Trinajstić information content (AvgIpc) is 1.72. The molecule has 1 heteroatoms. The molecule has 0 N–H and O–H groups in total. The quantitative estimate of drug-likeness (QED) is 0.507. The summed E-state index contributed by atoms with van der Waals surface area (Å²) in [4.78, 5) is 0. The zero-order valence-electron chi connectivity index (χ0n) is 4.11. The van der Waals surface area contributed by atoms with Crippen LogP contribution in [0.1, 0.15) is 19.3 Å². The van der Waals surface area contributed by atoms with E-state index in [4.69, 9.17) is 0 Å². The van der Waals surface area contributed by atoms with Crippen LogP contribution in [-0.4, -0.2) is 21.1 Å². The zero-order valence-corrected chi connectivity index (χ0v) is 7.41. The van der Waals surface area contributed by atoms with Crippen LogP contribution in [0.2, 0.25) is 8.87 Å². The van der Waals surface area contributed by atoms with Crippen molar-refractivity contribution in [3.8, 4) is 0 Å². The molecule has 1 radical (unpaired) electrons. The summed E-state index contributed by atoms with van der Waals surface area (Å²) < 4.78 is 3.38. The molecule has 0 aromatic rings. The monoisotopic (exact) mass is 191 g/mol. The van der Waals surface area contributed by atoms with E-state index in [2.05, 4.69) is 0 Å². The maximum atomic E-state index is 1.69. The molecule has 0 bridgehead atoms. The average molecular weight is 190 g/mol. The fourth-order valence-electron chi connectivity index (χ4n) is 0.898. The maximum absolute atomic E-state index is 1.69. The third kappa shape index (κ3) is 1.50. The van der Waals surface area contributed by atoms with Gasteiger partial charge in [-0.1, -0.05) is 0 Å². The van der Waals surface area contributed by atoms with Gasteiger partial charge in [0, 0.05) is 0 Å². The molecule has 1 aliphatic heterocycles. The first-order valence-electron chi connectivity index (χ1n) is 2.82. The normalized spacial score (nSPS) is 24.0. The molecular weight excluding hydrogens is 179 g/mol. The van der Waals surface area contributed by atoms with Crippen molar-refractivity contribution >= 4 is 21.1 Å². The molecule has 0 nitrogen and oxygen atoms in total. The summed E-state index contributed by atoms with van der Waals surface area (Å²) in [5.74, 6) is 0. The van der Waals surface area contributed by atoms with Gasteiger partial charge in [0.05, 0.1) is 0 Å². The van der Waals surface area contributed by atoms with Crippen molar-refractivity contribution in [2.45, 2.75) is 28.1 Å². The predicted molar refractivity (Wildman–Crippen MR) is 30.6 cm³/mol. The summed E-state index contributed by atoms with van der Waals surface area (Å²) in [6.07, 6.45) is 4.72. The van der Waals surface area contributed by atoms with E-state index in [-0.39, 0.29) is 21.1 Å². The molecule has 0 unspecified atom stereocenters. The zero-order chi connectivity index (χ0) is 4.24. The van der Waals surface area contributed by atoms with Gasteiger partial charge in [-0.05, 0) is 0 Å². The van der Waals surface area contributed by atoms with E-state index in [1.54, 1.807) is 28.1 Å². The molecule has 0 spiro atoms. The summed E-state index contributed by atoms with van der Waals surface area (Å²) in [5.41, 5.74) is 0. The second-order valence-electron chi connectivity index (χ2n) is 1.93. The fraction of sp³-hybridized carbons (Fsp3) is 1.00. The molecule has 0 saturated carbocycles. The van der Waals surface area contributed by atoms with E-state index in [0.29, 0.717) is 0 Å². The second kappa shape index (κ2) is 2.89. The van der Waals surface area contributed by atoms with Crippen LogP contribution in [0.3, 0.4) is 0 Å². The van der Waals surface area contributed by atoms with Gasteiger partial charge in [0.2, 0.25) is 0 Å². The van der Waals surface area contributed by atoms with Gasteiger partial charge in [-0.15, -0.1) is 0 Å². The number of rotatable bonds is 0. The van der Waals surface area contributed by atoms with Gasteiger partial charge in [-0.25, -0.2) is 0 Å². The number of hydrogen-bond acceptors (Lipinski definition) is 0. The van der Waals surface area contributed by atoms with Crippen molar-refractivity contribution in [3.63, 3.8) is 0 Å². The Morgan fingerprint density at radius 1 is 0.833 bits per heavy atom. The van der Waals surface area contributed by atoms with Crippen LogP contribution in [0.15, 0.2) is 0 Å². The fourth-order valence-corrected chi connectivity index (χ4v) is 5.02. The molecule has 6 heavy (non-hydrogen) atoms. The van der Waals surface area contributed by atoms with Gasteiger partial charge in [0.15, 0.2) is 0 Å². The van der Waals surface area contributed by atoms with Crippen molar-refractivity contribution in [1.29, 1.82) is 0 Å². The first-order valence-corrected chi connectivity index (χ1v) is 7.48. The molecule has 1 rings (SSSR count). The Hall–Kier alpha value is 0.799. The summed E-state index contributed by atoms with van der Waals surface area (Å²) in [6, 6.07) is 0. The molecule has 0 amide bonds. The van der Waals surface area contributed by atoms with Gasteiger partial charge >= 0.3 is 49.3 Å². The van der Waals surface area contributed by atoms with Gasteiger partial charge in [-0.3, -0.25) is 0 Å². The Bertz CT molecular complexity index is 19.4. The third-order valence-corrected chi connectivity index (χ3v) is 5.98. The summed E-state index contributed by atoms with van der Waals surface area (Å²) in [5, 5.41) is 0. The van der Waals surface area contributed by atoms with Gasteiger partial charge in [0.1, 0.15) is 0 Å². The van der Waals surface area contributed by atoms with Crippen LogP contribution < -0.4 is 0 Å². The van der Waals surface area contributed by atoms with Crippen LogP contribution in [-0.2, 0) is 0 Å². The van der Waals surface area contributed by atoms with Crippen molar-refractivity contribution in [3.05, 3.63) is 0 Å². The van der Waals surface area contributed by atoms with Gasteiger partial charge < -0.3 is 0 Å². The van der Waals surface area contributed by atoms with Crippen LogP contribution >= 0.6 is 0 Å². The second-order valence-corrected chi connectivity index (χ2v) is 6.87. The Kier molecular flexibility index (Phi) is 2.38. The van der Waals surface area contributed by atoms with E-state index >= 15 is 0 Å². The summed E-state index contributed by atoms with van der Waals surface area (Å²) in [6.45, 7) is 0. The van der Waals surface area contributed by atoms with Crippen LogP contribution in [0.4, 0.5) is 0 Å². The van der Waals surface area contributed by atoms with E-state index in [1.807, 2.05) is 0 Å². The molecule has 35 valence electrons. The number of hydrogen-bond donors (Lipinski definition) is 0. The van der Waals surface area contributed by atoms with E-state index in [9.17, 15) is 0 Å². The van der Waals surface area contributed by atoms with E-state index in [1.165, 1.54) is 0 Å². The molecule has 0 aliphatic carbocycles. The molecule has 1 heterocycles. The molecule has 1 saturated heterocycles. The standard InChI is InChI=1S/C5H10.Sn.H/c1-3-5-4-2;;/h1-5H2;;. The predicted octanol–water partition coefficient (Wildman–Crippen LogP) is 1.44. The Balaban J connectivity index is 2.00. The molecule has 0 aromatic carbocycles. The first kappa shape index (κ1) is 4.95. The topological polar surface area (TPSA) is 0 Å². The molecule has 1 fully saturated rings. The minimum absolute atomic E-state index is 0.144. The van der Waals surface area contributed by atoms with E-state index in [0.717, 1.165) is 0 Å². The minimum atomic E-state index is 0.144. The van der Waals surface area contributed by atoms with Crippen LogP contribution in [0, 0.1) is 0 Å². The van der Waals surface area contributed by atoms with Crippen molar-refractivity contribution in [1.82, 2.24) is 0 Å².